The molecule has 1 aromatic rings. The van der Waals surface area contributed by atoms with E-state index in [-0.39, 0.29) is 5.91 Å². The fourth-order valence-electron chi connectivity index (χ4n) is 2.03. The quantitative estimate of drug-likeness (QED) is 0.566. The van der Waals surface area contributed by atoms with Gasteiger partial charge in [-0.1, -0.05) is 26.3 Å². The molecule has 1 aromatic carbocycles. The summed E-state index contributed by atoms with van der Waals surface area (Å²) in [6, 6.07) is 5.51. The van der Waals surface area contributed by atoms with Crippen molar-refractivity contribution in [3.8, 4) is 0 Å². The van der Waals surface area contributed by atoms with Crippen LogP contribution in [0.15, 0.2) is 18.2 Å². The van der Waals surface area contributed by atoms with Crippen molar-refractivity contribution in [3.63, 3.8) is 0 Å². The summed E-state index contributed by atoms with van der Waals surface area (Å²) in [6.45, 7) is 7.41. The van der Waals surface area contributed by atoms with Crippen molar-refractivity contribution < 1.29 is 9.53 Å². The summed E-state index contributed by atoms with van der Waals surface area (Å²) in [5.41, 5.74) is 8.17. The van der Waals surface area contributed by atoms with Crippen molar-refractivity contribution in [3.05, 3.63) is 23.8 Å². The molecule has 0 heterocycles. The van der Waals surface area contributed by atoms with Crippen molar-refractivity contribution >= 4 is 17.3 Å². The largest absolute Gasteiger partial charge is 0.398 e. The summed E-state index contributed by atoms with van der Waals surface area (Å²) in [7, 11) is 0. The molecule has 0 saturated carbocycles. The Labute approximate surface area is 121 Å². The lowest BCUT2D eigenvalue weighted by molar-refractivity contribution is -0.117. The first kappa shape index (κ1) is 16.5. The number of nitrogens with two attached hydrogens (primary N) is 1. The van der Waals surface area contributed by atoms with Crippen LogP contribution in [0.2, 0.25) is 0 Å². The summed E-state index contributed by atoms with van der Waals surface area (Å²) in [4.78, 5) is 11.8. The van der Waals surface area contributed by atoms with Gasteiger partial charge in [0.15, 0.2) is 0 Å². The molecule has 0 aliphatic carbocycles. The summed E-state index contributed by atoms with van der Waals surface area (Å²) in [5.74, 6) is 0.515. The molecule has 0 fully saturated rings. The molecule has 0 aliphatic heterocycles. The highest BCUT2D eigenvalue weighted by atomic mass is 16.5. The minimum atomic E-state index is -0.0400. The minimum absolute atomic E-state index is 0.0400. The fourth-order valence-corrected chi connectivity index (χ4v) is 2.03. The number of hydrogen-bond donors (Lipinski definition) is 2. The van der Waals surface area contributed by atoms with Gasteiger partial charge < -0.3 is 15.8 Å². The topological polar surface area (TPSA) is 64.3 Å². The monoisotopic (exact) mass is 278 g/mol. The molecule has 0 aromatic heterocycles. The smallest absolute Gasteiger partial charge is 0.226 e. The number of nitrogens with one attached hydrogen (secondary N) is 1. The molecule has 1 unspecified atom stereocenters. The van der Waals surface area contributed by atoms with Gasteiger partial charge in [0.2, 0.25) is 5.91 Å². The Hall–Kier alpha value is -1.55. The van der Waals surface area contributed by atoms with Gasteiger partial charge in [-0.15, -0.1) is 0 Å². The SMILES string of the molecule is CCCC(C)COCCC(=O)Nc1cccc(N)c1C. The summed E-state index contributed by atoms with van der Waals surface area (Å²) >= 11 is 0. The molecule has 4 nitrogen and oxygen atoms in total. The second kappa shape index (κ2) is 8.59. The molecule has 1 amide bonds. The minimum Gasteiger partial charge on any atom is -0.398 e. The van der Waals surface area contributed by atoms with Gasteiger partial charge in [-0.05, 0) is 37.0 Å². The predicted molar refractivity (Wildman–Crippen MR) is 83.7 cm³/mol. The molecule has 1 rings (SSSR count). The lowest BCUT2D eigenvalue weighted by Gasteiger charge is -2.12. The van der Waals surface area contributed by atoms with Crippen molar-refractivity contribution in [1.29, 1.82) is 0 Å². The van der Waals surface area contributed by atoms with Crippen LogP contribution in [-0.4, -0.2) is 19.1 Å². The predicted octanol–water partition coefficient (Wildman–Crippen LogP) is 3.36. The van der Waals surface area contributed by atoms with E-state index in [9.17, 15) is 4.79 Å². The first-order chi connectivity index (χ1) is 9.54. The third kappa shape index (κ3) is 5.61. The first-order valence-corrected chi connectivity index (χ1v) is 7.27. The maximum Gasteiger partial charge on any atom is 0.226 e. The standard InChI is InChI=1S/C16H26N2O2/c1-4-6-12(2)11-20-10-9-16(19)18-15-8-5-7-14(17)13(15)3/h5,7-8,12H,4,6,9-11,17H2,1-3H3,(H,18,19). The van der Waals surface area contributed by atoms with E-state index in [1.807, 2.05) is 25.1 Å². The Morgan fingerprint density at radius 1 is 1.45 bits per heavy atom. The molecule has 0 bridgehead atoms. The number of nitrogen functional groups attached to an aromatic ring is 1. The number of carbonyl (C=O) groups excluding carboxylic acids is 1. The van der Waals surface area contributed by atoms with Crippen LogP contribution in [0.25, 0.3) is 0 Å². The third-order valence-corrected chi connectivity index (χ3v) is 3.31. The van der Waals surface area contributed by atoms with E-state index in [0.29, 0.717) is 24.6 Å². The van der Waals surface area contributed by atoms with Gasteiger partial charge in [-0.2, -0.15) is 0 Å². The van der Waals surface area contributed by atoms with Gasteiger partial charge in [0.05, 0.1) is 13.0 Å². The average Bonchev–Trinajstić information content (AvgIpc) is 2.40. The summed E-state index contributed by atoms with van der Waals surface area (Å²) in [5, 5.41) is 2.87. The van der Waals surface area contributed by atoms with Crippen LogP contribution in [0, 0.1) is 12.8 Å². The normalized spacial score (nSPS) is 12.2. The van der Waals surface area contributed by atoms with Crippen LogP contribution in [0.3, 0.4) is 0 Å². The number of hydrogen-bond acceptors (Lipinski definition) is 3. The molecule has 1 atom stereocenters. The van der Waals surface area contributed by atoms with Crippen LogP contribution in [0.1, 0.15) is 38.7 Å². The summed E-state index contributed by atoms with van der Waals surface area (Å²) in [6.07, 6.45) is 2.70. The highest BCUT2D eigenvalue weighted by Gasteiger charge is 2.07. The Kier molecular flexibility index (Phi) is 7.09. The number of rotatable bonds is 8. The maximum absolute atomic E-state index is 11.8. The Balaban J connectivity index is 2.29. The molecular formula is C16H26N2O2. The molecule has 0 radical (unpaired) electrons. The Morgan fingerprint density at radius 2 is 2.20 bits per heavy atom. The van der Waals surface area contributed by atoms with Crippen LogP contribution < -0.4 is 11.1 Å². The average molecular weight is 278 g/mol. The maximum atomic E-state index is 11.8. The van der Waals surface area contributed by atoms with Crippen molar-refractivity contribution in [1.82, 2.24) is 0 Å². The number of ether oxygens (including phenoxy) is 1. The van der Waals surface area contributed by atoms with Crippen LogP contribution in [0.4, 0.5) is 11.4 Å². The zero-order valence-electron chi connectivity index (χ0n) is 12.7. The van der Waals surface area contributed by atoms with Gasteiger partial charge in [0, 0.05) is 18.0 Å². The van der Waals surface area contributed by atoms with Gasteiger partial charge in [-0.3, -0.25) is 4.79 Å². The fraction of sp³-hybridized carbons (Fsp3) is 0.562. The van der Waals surface area contributed by atoms with Gasteiger partial charge in [0.25, 0.3) is 0 Å². The van der Waals surface area contributed by atoms with Gasteiger partial charge in [-0.25, -0.2) is 0 Å². The number of benzene rings is 1. The van der Waals surface area contributed by atoms with Gasteiger partial charge >= 0.3 is 0 Å². The molecule has 0 aliphatic rings. The second-order valence-electron chi connectivity index (χ2n) is 5.29. The molecule has 4 heteroatoms. The zero-order valence-corrected chi connectivity index (χ0v) is 12.7. The lowest BCUT2D eigenvalue weighted by Crippen LogP contribution is -2.16. The van der Waals surface area contributed by atoms with E-state index in [2.05, 4.69) is 19.2 Å². The van der Waals surface area contributed by atoms with Gasteiger partial charge in [0.1, 0.15) is 0 Å². The molecule has 20 heavy (non-hydrogen) atoms. The summed E-state index contributed by atoms with van der Waals surface area (Å²) < 4.78 is 5.52. The van der Waals surface area contributed by atoms with Crippen LogP contribution in [-0.2, 0) is 9.53 Å². The van der Waals surface area contributed by atoms with Crippen molar-refractivity contribution in [2.75, 3.05) is 24.3 Å². The first-order valence-electron chi connectivity index (χ1n) is 7.27. The van der Waals surface area contributed by atoms with E-state index in [1.54, 1.807) is 0 Å². The van der Waals surface area contributed by atoms with E-state index >= 15 is 0 Å². The molecular weight excluding hydrogens is 252 g/mol. The molecule has 3 N–H and O–H groups in total. The van der Waals surface area contributed by atoms with Crippen LogP contribution >= 0.6 is 0 Å². The van der Waals surface area contributed by atoms with Crippen molar-refractivity contribution in [2.24, 2.45) is 5.92 Å². The molecule has 112 valence electrons. The highest BCUT2D eigenvalue weighted by molar-refractivity contribution is 5.92. The molecule has 0 spiro atoms. The van der Waals surface area contributed by atoms with Crippen LogP contribution in [0.5, 0.6) is 0 Å². The zero-order chi connectivity index (χ0) is 15.0. The highest BCUT2D eigenvalue weighted by Crippen LogP contribution is 2.20. The van der Waals surface area contributed by atoms with Crippen molar-refractivity contribution in [2.45, 2.75) is 40.0 Å². The molecule has 0 saturated heterocycles. The van der Waals surface area contributed by atoms with E-state index in [1.165, 1.54) is 6.42 Å². The second-order valence-corrected chi connectivity index (χ2v) is 5.29. The number of amides is 1. The van der Waals surface area contributed by atoms with E-state index in [4.69, 9.17) is 10.5 Å². The Bertz CT molecular complexity index is 432. The third-order valence-electron chi connectivity index (χ3n) is 3.31. The Morgan fingerprint density at radius 3 is 2.90 bits per heavy atom. The van der Waals surface area contributed by atoms with E-state index < -0.39 is 0 Å². The lowest BCUT2D eigenvalue weighted by atomic mass is 10.1. The van der Waals surface area contributed by atoms with E-state index in [0.717, 1.165) is 24.3 Å². The number of carbonyl (C=O) groups is 1. The number of anilines is 2.